The molecule has 0 aliphatic rings. The number of rotatable bonds is 2. The maximum Gasteiger partial charge on any atom is 0.257 e. The van der Waals surface area contributed by atoms with Gasteiger partial charge in [0.25, 0.3) is 5.91 Å². The number of hydrogen-bond acceptors (Lipinski definition) is 2. The summed E-state index contributed by atoms with van der Waals surface area (Å²) in [7, 11) is 0. The quantitative estimate of drug-likeness (QED) is 0.895. The van der Waals surface area contributed by atoms with Crippen LogP contribution in [-0.4, -0.2) is 10.9 Å². The van der Waals surface area contributed by atoms with Crippen molar-refractivity contribution in [2.45, 2.75) is 0 Å². The minimum Gasteiger partial charge on any atom is -0.366 e. The van der Waals surface area contributed by atoms with Crippen LogP contribution in [0.2, 0.25) is 0 Å². The third-order valence-corrected chi connectivity index (χ3v) is 2.94. The topological polar surface area (TPSA) is 62.0 Å². The zero-order valence-corrected chi connectivity index (χ0v) is 10.6. The van der Waals surface area contributed by atoms with Crippen LogP contribution in [0.15, 0.2) is 45.9 Å². The molecule has 0 fully saturated rings. The summed E-state index contributed by atoms with van der Waals surface area (Å²) < 4.78 is 13.5. The Hall–Kier alpha value is -1.95. The van der Waals surface area contributed by atoms with Gasteiger partial charge in [-0.05, 0) is 34.1 Å². The van der Waals surface area contributed by atoms with Crippen LogP contribution in [-0.2, 0) is 0 Å². The Kier molecular flexibility index (Phi) is 3.57. The van der Waals surface area contributed by atoms with Crippen LogP contribution in [0.25, 0.3) is 0 Å². The molecule has 1 amide bonds. The van der Waals surface area contributed by atoms with Gasteiger partial charge in [0.15, 0.2) is 0 Å². The summed E-state index contributed by atoms with van der Waals surface area (Å²) in [4.78, 5) is 26.0. The van der Waals surface area contributed by atoms with E-state index in [1.807, 2.05) is 0 Å². The van der Waals surface area contributed by atoms with Crippen molar-refractivity contribution < 1.29 is 9.18 Å². The number of pyridine rings is 1. The van der Waals surface area contributed by atoms with Crippen LogP contribution in [0.3, 0.4) is 0 Å². The standard InChI is InChI=1S/C12H8BrFN2O2/c13-9-2-1-7(14)5-8(9)12(18)16-10-6-15-4-3-11(10)17/h1-6H,(H,15,17)(H,16,18). The number of carbonyl (C=O) groups is 1. The summed E-state index contributed by atoms with van der Waals surface area (Å²) >= 11 is 3.15. The van der Waals surface area contributed by atoms with E-state index in [1.165, 1.54) is 30.6 Å². The minimum atomic E-state index is -0.557. The van der Waals surface area contributed by atoms with Crippen molar-refractivity contribution in [1.29, 1.82) is 0 Å². The third kappa shape index (κ3) is 2.65. The molecule has 1 aromatic heterocycles. The fourth-order valence-electron chi connectivity index (χ4n) is 1.37. The molecule has 0 radical (unpaired) electrons. The Morgan fingerprint density at radius 3 is 2.83 bits per heavy atom. The van der Waals surface area contributed by atoms with Crippen molar-refractivity contribution >= 4 is 27.5 Å². The number of aromatic nitrogens is 1. The average molecular weight is 311 g/mol. The van der Waals surface area contributed by atoms with Gasteiger partial charge in [-0.3, -0.25) is 9.59 Å². The molecule has 0 spiro atoms. The molecule has 1 heterocycles. The molecule has 2 N–H and O–H groups in total. The molecule has 92 valence electrons. The van der Waals surface area contributed by atoms with Crippen molar-refractivity contribution in [1.82, 2.24) is 4.98 Å². The molecule has 0 aliphatic carbocycles. The number of halogens is 2. The maximum atomic E-state index is 13.1. The summed E-state index contributed by atoms with van der Waals surface area (Å²) in [5, 5.41) is 2.42. The smallest absolute Gasteiger partial charge is 0.257 e. The number of H-pyrrole nitrogens is 1. The fourth-order valence-corrected chi connectivity index (χ4v) is 1.80. The van der Waals surface area contributed by atoms with Gasteiger partial charge in [-0.2, -0.15) is 0 Å². The van der Waals surface area contributed by atoms with Gasteiger partial charge >= 0.3 is 0 Å². The van der Waals surface area contributed by atoms with Gasteiger partial charge in [0.1, 0.15) is 11.5 Å². The number of aromatic amines is 1. The van der Waals surface area contributed by atoms with Gasteiger partial charge < -0.3 is 10.3 Å². The minimum absolute atomic E-state index is 0.110. The number of amides is 1. The zero-order valence-electron chi connectivity index (χ0n) is 9.04. The molecule has 6 heteroatoms. The van der Waals surface area contributed by atoms with Crippen molar-refractivity contribution in [3.05, 3.63) is 62.7 Å². The predicted octanol–water partition coefficient (Wildman–Crippen LogP) is 2.53. The van der Waals surface area contributed by atoms with Crippen LogP contribution in [0.5, 0.6) is 0 Å². The van der Waals surface area contributed by atoms with Crippen molar-refractivity contribution in [3.63, 3.8) is 0 Å². The number of benzene rings is 1. The first kappa shape index (κ1) is 12.5. The Balaban J connectivity index is 2.31. The molecule has 0 bridgehead atoms. The van der Waals surface area contributed by atoms with Gasteiger partial charge in [0, 0.05) is 22.9 Å². The van der Waals surface area contributed by atoms with E-state index in [-0.39, 0.29) is 16.7 Å². The molecule has 18 heavy (non-hydrogen) atoms. The Morgan fingerprint density at radius 1 is 1.33 bits per heavy atom. The average Bonchev–Trinajstić information content (AvgIpc) is 2.35. The van der Waals surface area contributed by atoms with E-state index in [2.05, 4.69) is 26.2 Å². The first-order valence-electron chi connectivity index (χ1n) is 5.01. The molecule has 2 rings (SSSR count). The first-order valence-corrected chi connectivity index (χ1v) is 5.81. The highest BCUT2D eigenvalue weighted by Crippen LogP contribution is 2.18. The highest BCUT2D eigenvalue weighted by atomic mass is 79.9. The van der Waals surface area contributed by atoms with Gasteiger partial charge in [-0.25, -0.2) is 4.39 Å². The summed E-state index contributed by atoms with van der Waals surface area (Å²) in [5.41, 5.74) is -0.0912. The lowest BCUT2D eigenvalue weighted by atomic mass is 10.2. The molecule has 0 saturated carbocycles. The van der Waals surface area contributed by atoms with E-state index >= 15 is 0 Å². The Morgan fingerprint density at radius 2 is 2.11 bits per heavy atom. The maximum absolute atomic E-state index is 13.1. The Bertz CT molecular complexity index is 655. The molecule has 0 aliphatic heterocycles. The van der Waals surface area contributed by atoms with Crippen LogP contribution < -0.4 is 10.7 Å². The number of nitrogens with one attached hydrogen (secondary N) is 2. The highest BCUT2D eigenvalue weighted by Gasteiger charge is 2.12. The third-order valence-electron chi connectivity index (χ3n) is 2.25. The second kappa shape index (κ2) is 5.14. The largest absolute Gasteiger partial charge is 0.366 e. The highest BCUT2D eigenvalue weighted by molar-refractivity contribution is 9.10. The number of hydrogen-bond donors (Lipinski definition) is 2. The summed E-state index contributed by atoms with van der Waals surface area (Å²) in [6.45, 7) is 0. The second-order valence-corrected chi connectivity index (χ2v) is 4.35. The molecule has 0 atom stereocenters. The van der Waals surface area contributed by atoms with Crippen molar-refractivity contribution in [2.75, 3.05) is 5.32 Å². The molecule has 0 saturated heterocycles. The monoisotopic (exact) mass is 310 g/mol. The van der Waals surface area contributed by atoms with Crippen LogP contribution in [0, 0.1) is 5.82 Å². The lowest BCUT2D eigenvalue weighted by Crippen LogP contribution is -2.18. The lowest BCUT2D eigenvalue weighted by molar-refractivity contribution is 0.102. The van der Waals surface area contributed by atoms with E-state index in [4.69, 9.17) is 0 Å². The van der Waals surface area contributed by atoms with E-state index in [1.54, 1.807) is 0 Å². The van der Waals surface area contributed by atoms with Gasteiger partial charge in [0.2, 0.25) is 5.43 Å². The van der Waals surface area contributed by atoms with Gasteiger partial charge in [-0.15, -0.1) is 0 Å². The molecular formula is C12H8BrFN2O2. The molecule has 0 unspecified atom stereocenters. The normalized spacial score (nSPS) is 10.1. The molecular weight excluding hydrogens is 303 g/mol. The van der Waals surface area contributed by atoms with Crippen molar-refractivity contribution in [2.24, 2.45) is 0 Å². The fraction of sp³-hybridized carbons (Fsp3) is 0. The van der Waals surface area contributed by atoms with Crippen LogP contribution >= 0.6 is 15.9 Å². The van der Waals surface area contributed by atoms with Crippen molar-refractivity contribution in [3.8, 4) is 0 Å². The SMILES string of the molecule is O=C(Nc1c[nH]ccc1=O)c1cc(F)ccc1Br. The molecule has 2 aromatic rings. The molecule has 4 nitrogen and oxygen atoms in total. The van der Waals surface area contributed by atoms with Crippen LogP contribution in [0.1, 0.15) is 10.4 Å². The van der Waals surface area contributed by atoms with Gasteiger partial charge in [-0.1, -0.05) is 0 Å². The summed E-state index contributed by atoms with van der Waals surface area (Å²) in [6.07, 6.45) is 2.82. The van der Waals surface area contributed by atoms with E-state index in [0.29, 0.717) is 4.47 Å². The number of carbonyl (C=O) groups excluding carboxylic acids is 1. The van der Waals surface area contributed by atoms with E-state index in [9.17, 15) is 14.0 Å². The Labute approximate surface area is 110 Å². The lowest BCUT2D eigenvalue weighted by Gasteiger charge is -2.06. The van der Waals surface area contributed by atoms with Crippen LogP contribution in [0.4, 0.5) is 10.1 Å². The zero-order chi connectivity index (χ0) is 13.1. The predicted molar refractivity (Wildman–Crippen MR) is 69.1 cm³/mol. The summed E-state index contributed by atoms with van der Waals surface area (Å²) in [6, 6.07) is 5.04. The first-order chi connectivity index (χ1) is 8.58. The molecule has 1 aromatic carbocycles. The second-order valence-electron chi connectivity index (χ2n) is 3.50. The summed E-state index contributed by atoms with van der Waals surface area (Å²) in [5.74, 6) is -1.08. The van der Waals surface area contributed by atoms with Gasteiger partial charge in [0.05, 0.1) is 5.56 Å². The van der Waals surface area contributed by atoms with E-state index < -0.39 is 11.7 Å². The van der Waals surface area contributed by atoms with E-state index in [0.717, 1.165) is 6.07 Å². The number of anilines is 1.